The Morgan fingerprint density at radius 3 is 2.00 bits per heavy atom. The molecule has 0 spiro atoms. The van der Waals surface area contributed by atoms with Gasteiger partial charge in [-0.3, -0.25) is 0 Å². The largest absolute Gasteiger partial charge is 0.216 e. The van der Waals surface area contributed by atoms with Crippen molar-refractivity contribution in [3.63, 3.8) is 0 Å². The van der Waals surface area contributed by atoms with Crippen LogP contribution in [0.15, 0.2) is 29.2 Å². The third kappa shape index (κ3) is 4.26. The summed E-state index contributed by atoms with van der Waals surface area (Å²) in [5.74, 6) is 0. The molecule has 1 rings (SSSR count). The fourth-order valence-electron chi connectivity index (χ4n) is 0.699. The van der Waals surface area contributed by atoms with E-state index in [9.17, 15) is 0 Å². The summed E-state index contributed by atoms with van der Waals surface area (Å²) in [5.41, 5.74) is 0. The van der Waals surface area contributed by atoms with E-state index >= 15 is 0 Å². The van der Waals surface area contributed by atoms with E-state index in [1.54, 1.807) is 12.1 Å². The van der Waals surface area contributed by atoms with Crippen LogP contribution in [0, 0.1) is 0 Å². The Morgan fingerprint density at radius 2 is 1.57 bits per heavy atom. The molecule has 0 heterocycles. The standard InChI is InChI=1S/C8H5Cl5S/c9-5-1-3-6(4-2-5)14-7(10)8(11,12)13/h1-4,7H. The summed E-state index contributed by atoms with van der Waals surface area (Å²) >= 11 is 29.7. The van der Waals surface area contributed by atoms with Gasteiger partial charge in [-0.15, -0.1) is 23.4 Å². The Hall–Kier alpha value is 1.02. The van der Waals surface area contributed by atoms with Crippen molar-refractivity contribution in [1.29, 1.82) is 0 Å². The Bertz CT molecular complexity index is 292. The normalized spacial score (nSPS) is 14.1. The summed E-state index contributed by atoms with van der Waals surface area (Å²) in [6.45, 7) is 0. The highest BCUT2D eigenvalue weighted by Crippen LogP contribution is 2.42. The fraction of sp³-hybridized carbons (Fsp3) is 0.250. The van der Waals surface area contributed by atoms with Crippen LogP contribution in [0.25, 0.3) is 0 Å². The first-order valence-electron chi connectivity index (χ1n) is 3.52. The van der Waals surface area contributed by atoms with Crippen molar-refractivity contribution in [1.82, 2.24) is 0 Å². The molecule has 6 heteroatoms. The quantitative estimate of drug-likeness (QED) is 0.523. The third-order valence-corrected chi connectivity index (χ3v) is 4.64. The zero-order chi connectivity index (χ0) is 10.8. The SMILES string of the molecule is Clc1ccc(SC(Cl)C(Cl)(Cl)Cl)cc1. The van der Waals surface area contributed by atoms with Gasteiger partial charge in [-0.25, -0.2) is 0 Å². The summed E-state index contributed by atoms with van der Waals surface area (Å²) in [5, 5.41) is 0.661. The Balaban J connectivity index is 2.65. The first kappa shape index (κ1) is 13.1. The molecule has 0 bridgehead atoms. The van der Waals surface area contributed by atoms with Crippen LogP contribution in [-0.4, -0.2) is 8.50 Å². The Kier molecular flexibility index (Phi) is 5.03. The van der Waals surface area contributed by atoms with Gasteiger partial charge in [0.2, 0.25) is 3.79 Å². The fourth-order valence-corrected chi connectivity index (χ4v) is 2.20. The molecular weight excluding hydrogens is 305 g/mol. The minimum atomic E-state index is -1.48. The van der Waals surface area contributed by atoms with Crippen LogP contribution >= 0.6 is 69.8 Å². The molecule has 0 aromatic heterocycles. The topological polar surface area (TPSA) is 0 Å². The maximum Gasteiger partial charge on any atom is 0.216 e. The van der Waals surface area contributed by atoms with Crippen molar-refractivity contribution in [3.05, 3.63) is 29.3 Å². The first-order chi connectivity index (χ1) is 6.39. The number of hydrogen-bond donors (Lipinski definition) is 0. The second kappa shape index (κ2) is 5.38. The van der Waals surface area contributed by atoms with Gasteiger partial charge >= 0.3 is 0 Å². The van der Waals surface area contributed by atoms with E-state index in [1.165, 1.54) is 11.8 Å². The van der Waals surface area contributed by atoms with Crippen molar-refractivity contribution in [2.45, 2.75) is 13.4 Å². The summed E-state index contributed by atoms with van der Waals surface area (Å²) in [4.78, 5) is 0.903. The highest BCUT2D eigenvalue weighted by atomic mass is 35.6. The van der Waals surface area contributed by atoms with E-state index in [0.29, 0.717) is 5.02 Å². The molecule has 0 radical (unpaired) electrons. The highest BCUT2D eigenvalue weighted by Gasteiger charge is 2.31. The van der Waals surface area contributed by atoms with Crippen LogP contribution in [-0.2, 0) is 0 Å². The Labute approximate surface area is 112 Å². The number of alkyl halides is 4. The van der Waals surface area contributed by atoms with Crippen molar-refractivity contribution >= 4 is 69.8 Å². The second-order valence-electron chi connectivity index (χ2n) is 2.43. The van der Waals surface area contributed by atoms with Crippen molar-refractivity contribution in [2.24, 2.45) is 0 Å². The van der Waals surface area contributed by atoms with Gasteiger partial charge in [-0.2, -0.15) is 0 Å². The number of halogens is 5. The first-order valence-corrected chi connectivity index (χ1v) is 6.35. The van der Waals surface area contributed by atoms with Gasteiger partial charge in [0.1, 0.15) is 4.71 Å². The van der Waals surface area contributed by atoms with Crippen molar-refractivity contribution in [3.8, 4) is 0 Å². The van der Waals surface area contributed by atoms with Crippen LogP contribution < -0.4 is 0 Å². The molecule has 0 N–H and O–H groups in total. The second-order valence-corrected chi connectivity index (χ2v) is 7.11. The summed E-state index contributed by atoms with van der Waals surface area (Å²) in [6.07, 6.45) is 0. The molecular formula is C8H5Cl5S. The highest BCUT2D eigenvalue weighted by molar-refractivity contribution is 8.01. The average molecular weight is 310 g/mol. The van der Waals surface area contributed by atoms with Crippen molar-refractivity contribution in [2.75, 3.05) is 0 Å². The molecule has 0 aliphatic carbocycles. The zero-order valence-electron chi connectivity index (χ0n) is 6.68. The summed E-state index contributed by atoms with van der Waals surface area (Å²) in [7, 11) is 0. The summed E-state index contributed by atoms with van der Waals surface area (Å²) in [6, 6.07) is 7.15. The van der Waals surface area contributed by atoms with Crippen LogP contribution in [0.5, 0.6) is 0 Å². The zero-order valence-corrected chi connectivity index (χ0v) is 11.3. The maximum absolute atomic E-state index is 5.87. The molecule has 0 aliphatic heterocycles. The van der Waals surface area contributed by atoms with Crippen molar-refractivity contribution < 1.29 is 0 Å². The van der Waals surface area contributed by atoms with Gasteiger partial charge in [-0.1, -0.05) is 46.4 Å². The van der Waals surface area contributed by atoms with Gasteiger partial charge in [0.05, 0.1) is 0 Å². The number of rotatable bonds is 2. The molecule has 78 valence electrons. The van der Waals surface area contributed by atoms with E-state index in [4.69, 9.17) is 58.0 Å². The number of thioether (sulfide) groups is 1. The molecule has 1 unspecified atom stereocenters. The predicted octanol–water partition coefficient (Wildman–Crippen LogP) is 5.37. The van der Waals surface area contributed by atoms with Crippen LogP contribution in [0.4, 0.5) is 0 Å². The smallest absolute Gasteiger partial charge is 0.106 e. The van der Waals surface area contributed by atoms with Crippen LogP contribution in [0.2, 0.25) is 5.02 Å². The van der Waals surface area contributed by atoms with E-state index < -0.39 is 8.50 Å². The number of hydrogen-bond acceptors (Lipinski definition) is 1. The molecule has 0 amide bonds. The molecule has 1 atom stereocenters. The predicted molar refractivity (Wildman–Crippen MR) is 67.2 cm³/mol. The molecule has 1 aromatic carbocycles. The Morgan fingerprint density at radius 1 is 1.07 bits per heavy atom. The van der Waals surface area contributed by atoms with E-state index in [2.05, 4.69) is 0 Å². The molecule has 0 saturated carbocycles. The average Bonchev–Trinajstić information content (AvgIpc) is 2.07. The van der Waals surface area contributed by atoms with Crippen LogP contribution in [0.1, 0.15) is 0 Å². The van der Waals surface area contributed by atoms with Gasteiger partial charge in [0.15, 0.2) is 0 Å². The monoisotopic (exact) mass is 308 g/mol. The molecule has 0 aliphatic rings. The minimum Gasteiger partial charge on any atom is -0.106 e. The van der Waals surface area contributed by atoms with Gasteiger partial charge in [0.25, 0.3) is 0 Å². The van der Waals surface area contributed by atoms with Gasteiger partial charge in [-0.05, 0) is 24.3 Å². The maximum atomic E-state index is 5.87. The lowest BCUT2D eigenvalue weighted by Crippen LogP contribution is -2.15. The minimum absolute atomic E-state index is 0.631. The van der Waals surface area contributed by atoms with Crippen LogP contribution in [0.3, 0.4) is 0 Å². The molecule has 0 nitrogen and oxygen atoms in total. The van der Waals surface area contributed by atoms with E-state index in [1.807, 2.05) is 12.1 Å². The lowest BCUT2D eigenvalue weighted by atomic mass is 10.4. The van der Waals surface area contributed by atoms with Gasteiger partial charge < -0.3 is 0 Å². The lowest BCUT2D eigenvalue weighted by molar-refractivity contribution is 1.20. The third-order valence-electron chi connectivity index (χ3n) is 1.31. The van der Waals surface area contributed by atoms with Gasteiger partial charge in [0, 0.05) is 9.92 Å². The molecule has 0 fully saturated rings. The molecule has 0 saturated heterocycles. The molecule has 1 aromatic rings. The molecule has 14 heavy (non-hydrogen) atoms. The lowest BCUT2D eigenvalue weighted by Gasteiger charge is -2.17. The van der Waals surface area contributed by atoms with E-state index in [-0.39, 0.29) is 0 Å². The number of benzene rings is 1. The summed E-state index contributed by atoms with van der Waals surface area (Å²) < 4.78 is -2.11. The van der Waals surface area contributed by atoms with E-state index in [0.717, 1.165) is 4.90 Å².